The minimum atomic E-state index is -0.571. The summed E-state index contributed by atoms with van der Waals surface area (Å²) in [4.78, 5) is 28.0. The highest BCUT2D eigenvalue weighted by Crippen LogP contribution is 2.41. The highest BCUT2D eigenvalue weighted by molar-refractivity contribution is 8.05. The predicted octanol–water partition coefficient (Wildman–Crippen LogP) is 4.63. The van der Waals surface area contributed by atoms with Crippen molar-refractivity contribution >= 4 is 29.3 Å². The number of hydrogen-bond acceptors (Lipinski definition) is 6. The van der Waals surface area contributed by atoms with Gasteiger partial charge in [0.15, 0.2) is 11.5 Å². The number of amides is 2. The number of ether oxygens (including phenoxy) is 2. The minimum absolute atomic E-state index is 0.138. The first-order chi connectivity index (χ1) is 18.4. The topological polar surface area (TPSA) is 91.7 Å². The first-order valence-electron chi connectivity index (χ1n) is 11.9. The average molecular weight is 532 g/mol. The van der Waals surface area contributed by atoms with Crippen LogP contribution in [0, 0.1) is 17.1 Å². The fourth-order valence-electron chi connectivity index (χ4n) is 4.08. The Morgan fingerprint density at radius 2 is 1.71 bits per heavy atom. The quantitative estimate of drug-likeness (QED) is 0.320. The molecule has 9 heteroatoms. The van der Waals surface area contributed by atoms with Crippen molar-refractivity contribution in [3.63, 3.8) is 0 Å². The lowest BCUT2D eigenvalue weighted by atomic mass is 10.1. The third kappa shape index (κ3) is 5.98. The molecule has 0 aromatic heterocycles. The highest BCUT2D eigenvalue weighted by atomic mass is 32.2. The summed E-state index contributed by atoms with van der Waals surface area (Å²) in [5.74, 6) is 0.0267. The second-order valence-corrected chi connectivity index (χ2v) is 9.62. The molecule has 38 heavy (non-hydrogen) atoms. The molecule has 1 heterocycles. The number of hydrogen-bond donors (Lipinski definition) is 1. The van der Waals surface area contributed by atoms with Crippen molar-refractivity contribution in [3.8, 4) is 17.6 Å². The molecule has 3 aromatic rings. The van der Waals surface area contributed by atoms with Crippen LogP contribution in [0.15, 0.2) is 83.4 Å². The Hall–Kier alpha value is -4.29. The van der Waals surface area contributed by atoms with E-state index >= 15 is 0 Å². The summed E-state index contributed by atoms with van der Waals surface area (Å²) in [6.07, 6.45) is 0.831. The van der Waals surface area contributed by atoms with Gasteiger partial charge in [-0.25, -0.2) is 4.39 Å². The molecule has 1 N–H and O–H groups in total. The van der Waals surface area contributed by atoms with Crippen LogP contribution >= 0.6 is 11.8 Å². The van der Waals surface area contributed by atoms with Crippen LogP contribution in [0.3, 0.4) is 0 Å². The van der Waals surface area contributed by atoms with Gasteiger partial charge in [0.2, 0.25) is 5.91 Å². The monoisotopic (exact) mass is 531 g/mol. The standard InChI is InChI=1S/C29H26FN3O4S/c1-36-24-13-10-20(16-25(24)37-2)14-15-32-27(34)23(18-31)29-33(22-6-4-3-5-7-22)28(35)26(38-29)17-19-8-11-21(30)12-9-19/h3-13,16,26H,14-15,17H2,1-2H3,(H,32,34)/b29-23+/t26-/m1/s1. The molecule has 0 spiro atoms. The largest absolute Gasteiger partial charge is 0.493 e. The molecule has 0 saturated carbocycles. The van der Waals surface area contributed by atoms with E-state index in [2.05, 4.69) is 5.32 Å². The maximum absolute atomic E-state index is 13.5. The van der Waals surface area contributed by atoms with Gasteiger partial charge in [-0.3, -0.25) is 14.5 Å². The van der Waals surface area contributed by atoms with Crippen molar-refractivity contribution in [3.05, 3.63) is 100 Å². The van der Waals surface area contributed by atoms with E-state index in [0.29, 0.717) is 30.0 Å². The fraction of sp³-hybridized carbons (Fsp3) is 0.207. The second kappa shape index (κ2) is 12.3. The Labute approximate surface area is 224 Å². The normalized spacial score (nSPS) is 16.1. The molecule has 0 unspecified atom stereocenters. The van der Waals surface area contributed by atoms with Crippen LogP contribution in [0.4, 0.5) is 10.1 Å². The average Bonchev–Trinajstić information content (AvgIpc) is 3.25. The number of benzene rings is 3. The van der Waals surface area contributed by atoms with Crippen LogP contribution in [0.25, 0.3) is 0 Å². The number of thioether (sulfide) groups is 1. The van der Waals surface area contributed by atoms with Crippen LogP contribution in [0.5, 0.6) is 11.5 Å². The van der Waals surface area contributed by atoms with Gasteiger partial charge in [-0.15, -0.1) is 0 Å². The molecule has 1 aliphatic rings. The minimum Gasteiger partial charge on any atom is -0.493 e. The Morgan fingerprint density at radius 1 is 1.03 bits per heavy atom. The Morgan fingerprint density at radius 3 is 2.37 bits per heavy atom. The number of nitriles is 1. The molecule has 4 rings (SSSR count). The SMILES string of the molecule is COc1ccc(CCNC(=O)/C(C#N)=C2/S[C@H](Cc3ccc(F)cc3)C(=O)N2c2ccccc2)cc1OC. The van der Waals surface area contributed by atoms with E-state index in [1.54, 1.807) is 56.7 Å². The van der Waals surface area contributed by atoms with Crippen molar-refractivity contribution in [1.82, 2.24) is 5.32 Å². The van der Waals surface area contributed by atoms with Gasteiger partial charge in [0, 0.05) is 12.2 Å². The number of carbonyl (C=O) groups is 2. The number of nitrogens with zero attached hydrogens (tertiary/aromatic N) is 2. The Balaban J connectivity index is 1.55. The molecular weight excluding hydrogens is 505 g/mol. The zero-order valence-corrected chi connectivity index (χ0v) is 21.8. The first kappa shape index (κ1) is 26.8. The number of rotatable bonds is 9. The highest BCUT2D eigenvalue weighted by Gasteiger charge is 2.40. The summed E-state index contributed by atoms with van der Waals surface area (Å²) < 4.78 is 23.9. The lowest BCUT2D eigenvalue weighted by Gasteiger charge is -2.18. The number of carbonyl (C=O) groups excluding carboxylic acids is 2. The third-order valence-corrected chi connectivity index (χ3v) is 7.26. The summed E-state index contributed by atoms with van der Waals surface area (Å²) in [7, 11) is 3.11. The number of para-hydroxylation sites is 1. The molecule has 1 atom stereocenters. The number of halogens is 1. The van der Waals surface area contributed by atoms with Gasteiger partial charge >= 0.3 is 0 Å². The summed E-state index contributed by atoms with van der Waals surface area (Å²) in [6.45, 7) is 0.274. The molecule has 194 valence electrons. The van der Waals surface area contributed by atoms with E-state index in [1.807, 2.05) is 24.3 Å². The van der Waals surface area contributed by atoms with Crippen molar-refractivity contribution in [1.29, 1.82) is 5.26 Å². The zero-order valence-electron chi connectivity index (χ0n) is 20.9. The number of nitrogens with one attached hydrogen (secondary N) is 1. The van der Waals surface area contributed by atoms with Crippen molar-refractivity contribution in [2.45, 2.75) is 18.1 Å². The van der Waals surface area contributed by atoms with E-state index < -0.39 is 11.2 Å². The van der Waals surface area contributed by atoms with E-state index in [4.69, 9.17) is 9.47 Å². The van der Waals surface area contributed by atoms with Gasteiger partial charge < -0.3 is 14.8 Å². The van der Waals surface area contributed by atoms with Gasteiger partial charge in [0.05, 0.1) is 19.5 Å². The van der Waals surface area contributed by atoms with Crippen molar-refractivity contribution < 1.29 is 23.5 Å². The molecule has 1 fully saturated rings. The van der Waals surface area contributed by atoms with Crippen LogP contribution in [-0.2, 0) is 22.4 Å². The molecule has 0 aliphatic carbocycles. The second-order valence-electron chi connectivity index (χ2n) is 8.43. The molecule has 3 aromatic carbocycles. The van der Waals surface area contributed by atoms with Gasteiger partial charge in [-0.05, 0) is 60.4 Å². The van der Waals surface area contributed by atoms with Crippen LogP contribution < -0.4 is 19.7 Å². The maximum Gasteiger partial charge on any atom is 0.264 e. The van der Waals surface area contributed by atoms with Gasteiger partial charge in [-0.2, -0.15) is 5.26 Å². The Bertz CT molecular complexity index is 1390. The predicted molar refractivity (Wildman–Crippen MR) is 144 cm³/mol. The lowest BCUT2D eigenvalue weighted by Crippen LogP contribution is -2.32. The maximum atomic E-state index is 13.5. The molecule has 1 saturated heterocycles. The summed E-state index contributed by atoms with van der Waals surface area (Å²) in [5, 5.41) is 12.5. The fourth-order valence-corrected chi connectivity index (χ4v) is 5.39. The Kier molecular flexibility index (Phi) is 8.66. The van der Waals surface area contributed by atoms with Crippen molar-refractivity contribution in [2.24, 2.45) is 0 Å². The summed E-state index contributed by atoms with van der Waals surface area (Å²) >= 11 is 1.17. The van der Waals surface area contributed by atoms with E-state index in [1.165, 1.54) is 28.8 Å². The molecule has 1 aliphatic heterocycles. The summed E-state index contributed by atoms with van der Waals surface area (Å²) in [6, 6.07) is 22.3. The number of methoxy groups -OCH3 is 2. The first-order valence-corrected chi connectivity index (χ1v) is 12.8. The van der Waals surface area contributed by atoms with E-state index in [-0.39, 0.29) is 28.9 Å². The summed E-state index contributed by atoms with van der Waals surface area (Å²) in [5.41, 5.74) is 2.13. The van der Waals surface area contributed by atoms with Crippen LogP contribution in [0.2, 0.25) is 0 Å². The van der Waals surface area contributed by atoms with Gasteiger partial charge in [0.25, 0.3) is 5.91 Å². The zero-order chi connectivity index (χ0) is 27.1. The molecular formula is C29H26FN3O4S. The molecule has 2 amide bonds. The third-order valence-electron chi connectivity index (χ3n) is 6.00. The van der Waals surface area contributed by atoms with Gasteiger partial charge in [0.1, 0.15) is 22.5 Å². The molecule has 0 bridgehead atoms. The van der Waals surface area contributed by atoms with Crippen LogP contribution in [0.1, 0.15) is 11.1 Å². The molecule has 7 nitrogen and oxygen atoms in total. The lowest BCUT2D eigenvalue weighted by molar-refractivity contribution is -0.117. The van der Waals surface area contributed by atoms with Crippen LogP contribution in [-0.4, -0.2) is 37.8 Å². The van der Waals surface area contributed by atoms with Gasteiger partial charge in [-0.1, -0.05) is 48.2 Å². The number of anilines is 1. The van der Waals surface area contributed by atoms with E-state index in [9.17, 15) is 19.2 Å². The van der Waals surface area contributed by atoms with E-state index in [0.717, 1.165) is 11.1 Å². The smallest absolute Gasteiger partial charge is 0.264 e. The molecule has 0 radical (unpaired) electrons. The van der Waals surface area contributed by atoms with Crippen molar-refractivity contribution in [2.75, 3.05) is 25.7 Å².